The van der Waals surface area contributed by atoms with Crippen molar-refractivity contribution in [3.05, 3.63) is 30.1 Å². The SMILES string of the molecule is C=CC(=O)N1CCCC(C2CCN(C(=O)c3cc(C)nn3C)CC2)C1. The van der Waals surface area contributed by atoms with Gasteiger partial charge in [-0.15, -0.1) is 0 Å². The summed E-state index contributed by atoms with van der Waals surface area (Å²) in [5.74, 6) is 1.27. The number of aromatic nitrogens is 2. The first-order valence-corrected chi connectivity index (χ1v) is 9.21. The minimum absolute atomic E-state index is 0.0453. The molecule has 0 saturated carbocycles. The number of likely N-dealkylation sites (tertiary alicyclic amines) is 2. The predicted molar refractivity (Wildman–Crippen MR) is 96.1 cm³/mol. The molecule has 3 heterocycles. The third-order valence-corrected chi connectivity index (χ3v) is 5.66. The van der Waals surface area contributed by atoms with E-state index in [4.69, 9.17) is 0 Å². The first kappa shape index (κ1) is 17.7. The fourth-order valence-electron chi connectivity index (χ4n) is 4.27. The summed E-state index contributed by atoms with van der Waals surface area (Å²) in [5.41, 5.74) is 1.53. The van der Waals surface area contributed by atoms with E-state index in [1.54, 1.807) is 4.68 Å². The highest BCUT2D eigenvalue weighted by Gasteiger charge is 2.33. The van der Waals surface area contributed by atoms with E-state index in [9.17, 15) is 9.59 Å². The number of carbonyl (C=O) groups is 2. The molecule has 0 N–H and O–H groups in total. The number of nitrogens with zero attached hydrogens (tertiary/aromatic N) is 4. The van der Waals surface area contributed by atoms with Gasteiger partial charge in [-0.3, -0.25) is 14.3 Å². The van der Waals surface area contributed by atoms with Crippen molar-refractivity contribution in [2.24, 2.45) is 18.9 Å². The predicted octanol–water partition coefficient (Wildman–Crippen LogP) is 2.01. The van der Waals surface area contributed by atoms with Crippen molar-refractivity contribution in [3.8, 4) is 0 Å². The number of amides is 2. The van der Waals surface area contributed by atoms with Crippen LogP contribution in [0, 0.1) is 18.8 Å². The zero-order chi connectivity index (χ0) is 18.0. The molecule has 0 spiro atoms. The zero-order valence-electron chi connectivity index (χ0n) is 15.3. The first-order chi connectivity index (χ1) is 12.0. The lowest BCUT2D eigenvalue weighted by atomic mass is 9.79. The van der Waals surface area contributed by atoms with Crippen molar-refractivity contribution in [1.29, 1.82) is 0 Å². The van der Waals surface area contributed by atoms with Crippen LogP contribution in [0.1, 0.15) is 41.9 Å². The Bertz CT molecular complexity index is 658. The molecule has 0 aromatic carbocycles. The molecule has 6 heteroatoms. The number of rotatable bonds is 3. The van der Waals surface area contributed by atoms with Gasteiger partial charge in [-0.05, 0) is 56.6 Å². The second-order valence-electron chi connectivity index (χ2n) is 7.31. The average molecular weight is 344 g/mol. The summed E-state index contributed by atoms with van der Waals surface area (Å²) in [6, 6.07) is 1.86. The monoisotopic (exact) mass is 344 g/mol. The Hall–Kier alpha value is -2.11. The van der Waals surface area contributed by atoms with Gasteiger partial charge in [-0.1, -0.05) is 6.58 Å². The van der Waals surface area contributed by atoms with Crippen LogP contribution in [0.4, 0.5) is 0 Å². The van der Waals surface area contributed by atoms with E-state index in [0.29, 0.717) is 17.5 Å². The van der Waals surface area contributed by atoms with Crippen LogP contribution in [0.15, 0.2) is 18.7 Å². The van der Waals surface area contributed by atoms with E-state index in [2.05, 4.69) is 11.7 Å². The van der Waals surface area contributed by atoms with Crippen LogP contribution >= 0.6 is 0 Å². The molecule has 1 unspecified atom stereocenters. The van der Waals surface area contributed by atoms with Crippen molar-refractivity contribution in [3.63, 3.8) is 0 Å². The highest BCUT2D eigenvalue weighted by atomic mass is 16.2. The summed E-state index contributed by atoms with van der Waals surface area (Å²) in [7, 11) is 1.82. The normalized spacial score (nSPS) is 22.1. The molecule has 3 rings (SSSR count). The second-order valence-corrected chi connectivity index (χ2v) is 7.31. The first-order valence-electron chi connectivity index (χ1n) is 9.21. The van der Waals surface area contributed by atoms with Crippen molar-refractivity contribution in [2.45, 2.75) is 32.6 Å². The number of aryl methyl sites for hydroxylation is 2. The molecular formula is C19H28N4O2. The van der Waals surface area contributed by atoms with E-state index in [1.807, 2.05) is 29.8 Å². The number of hydrogen-bond acceptors (Lipinski definition) is 3. The van der Waals surface area contributed by atoms with Gasteiger partial charge >= 0.3 is 0 Å². The molecule has 2 aliphatic rings. The molecule has 0 bridgehead atoms. The van der Waals surface area contributed by atoms with Gasteiger partial charge in [0.2, 0.25) is 5.91 Å². The number of piperidine rings is 2. The van der Waals surface area contributed by atoms with Gasteiger partial charge in [0.25, 0.3) is 5.91 Å². The molecule has 6 nitrogen and oxygen atoms in total. The molecule has 2 saturated heterocycles. The van der Waals surface area contributed by atoms with Crippen LogP contribution in [0.25, 0.3) is 0 Å². The minimum Gasteiger partial charge on any atom is -0.339 e. The third-order valence-electron chi connectivity index (χ3n) is 5.66. The summed E-state index contributed by atoms with van der Waals surface area (Å²) in [4.78, 5) is 28.4. The molecule has 25 heavy (non-hydrogen) atoms. The van der Waals surface area contributed by atoms with Gasteiger partial charge in [0.15, 0.2) is 0 Å². The molecule has 1 atom stereocenters. The largest absolute Gasteiger partial charge is 0.339 e. The van der Waals surface area contributed by atoms with Gasteiger partial charge in [-0.2, -0.15) is 5.10 Å². The molecule has 1 aromatic heterocycles. The van der Waals surface area contributed by atoms with Crippen LogP contribution in [-0.2, 0) is 11.8 Å². The highest BCUT2D eigenvalue weighted by molar-refractivity contribution is 5.92. The number of hydrogen-bond donors (Lipinski definition) is 0. The van der Waals surface area contributed by atoms with Crippen molar-refractivity contribution < 1.29 is 9.59 Å². The fraction of sp³-hybridized carbons (Fsp3) is 0.632. The lowest BCUT2D eigenvalue weighted by molar-refractivity contribution is -0.128. The molecule has 0 aliphatic carbocycles. The minimum atomic E-state index is 0.0453. The number of carbonyl (C=O) groups excluding carboxylic acids is 2. The van der Waals surface area contributed by atoms with E-state index >= 15 is 0 Å². The average Bonchev–Trinajstić information content (AvgIpc) is 2.99. The van der Waals surface area contributed by atoms with E-state index in [0.717, 1.165) is 51.1 Å². The van der Waals surface area contributed by atoms with E-state index in [1.165, 1.54) is 12.5 Å². The highest BCUT2D eigenvalue weighted by Crippen LogP contribution is 2.32. The quantitative estimate of drug-likeness (QED) is 0.788. The molecule has 136 valence electrons. The Balaban J connectivity index is 1.56. The maximum atomic E-state index is 12.7. The van der Waals surface area contributed by atoms with Crippen LogP contribution in [0.2, 0.25) is 0 Å². The van der Waals surface area contributed by atoms with Crippen molar-refractivity contribution in [1.82, 2.24) is 19.6 Å². The van der Waals surface area contributed by atoms with Gasteiger partial charge in [0.05, 0.1) is 5.69 Å². The fourth-order valence-corrected chi connectivity index (χ4v) is 4.27. The standard InChI is InChI=1S/C19H28N4O2/c1-4-18(24)23-9-5-6-16(13-23)15-7-10-22(11-8-15)19(25)17-12-14(2)20-21(17)3/h4,12,15-16H,1,5-11,13H2,2-3H3. The lowest BCUT2D eigenvalue weighted by Crippen LogP contribution is -2.45. The van der Waals surface area contributed by atoms with Gasteiger partial charge < -0.3 is 9.80 Å². The summed E-state index contributed by atoms with van der Waals surface area (Å²) in [5, 5.41) is 4.27. The Morgan fingerprint density at radius 2 is 1.88 bits per heavy atom. The Labute approximate surface area is 149 Å². The van der Waals surface area contributed by atoms with Gasteiger partial charge in [0.1, 0.15) is 5.69 Å². The smallest absolute Gasteiger partial charge is 0.272 e. The van der Waals surface area contributed by atoms with Crippen LogP contribution < -0.4 is 0 Å². The summed E-state index contributed by atoms with van der Waals surface area (Å²) >= 11 is 0. The van der Waals surface area contributed by atoms with Crippen LogP contribution in [0.5, 0.6) is 0 Å². The summed E-state index contributed by atoms with van der Waals surface area (Å²) in [6.45, 7) is 8.77. The molecular weight excluding hydrogens is 316 g/mol. The molecule has 1 aromatic rings. The third kappa shape index (κ3) is 3.78. The molecule has 2 aliphatic heterocycles. The topological polar surface area (TPSA) is 58.4 Å². The van der Waals surface area contributed by atoms with Crippen molar-refractivity contribution >= 4 is 11.8 Å². The molecule has 2 amide bonds. The maximum absolute atomic E-state index is 12.7. The van der Waals surface area contributed by atoms with Crippen molar-refractivity contribution in [2.75, 3.05) is 26.2 Å². The Morgan fingerprint density at radius 1 is 1.16 bits per heavy atom. The van der Waals surface area contributed by atoms with E-state index < -0.39 is 0 Å². The van der Waals surface area contributed by atoms with Crippen LogP contribution in [-0.4, -0.2) is 57.6 Å². The summed E-state index contributed by atoms with van der Waals surface area (Å²) in [6.07, 6.45) is 5.70. The van der Waals surface area contributed by atoms with Gasteiger partial charge in [-0.25, -0.2) is 0 Å². The lowest BCUT2D eigenvalue weighted by Gasteiger charge is -2.40. The Kier molecular flexibility index (Phi) is 5.25. The van der Waals surface area contributed by atoms with E-state index in [-0.39, 0.29) is 11.8 Å². The van der Waals surface area contributed by atoms with Crippen LogP contribution in [0.3, 0.4) is 0 Å². The molecule has 2 fully saturated rings. The molecule has 0 radical (unpaired) electrons. The zero-order valence-corrected chi connectivity index (χ0v) is 15.3. The second kappa shape index (κ2) is 7.42. The summed E-state index contributed by atoms with van der Waals surface area (Å²) < 4.78 is 1.67. The van der Waals surface area contributed by atoms with Gasteiger partial charge in [0, 0.05) is 33.2 Å². The maximum Gasteiger partial charge on any atom is 0.272 e. The Morgan fingerprint density at radius 3 is 2.48 bits per heavy atom.